The molecule has 0 aromatic rings. The Morgan fingerprint density at radius 1 is 1.38 bits per heavy atom. The normalized spacial score (nSPS) is 44.5. The first kappa shape index (κ1) is 9.83. The van der Waals surface area contributed by atoms with E-state index in [-0.39, 0.29) is 0 Å². The fourth-order valence-corrected chi connectivity index (χ4v) is 3.55. The van der Waals surface area contributed by atoms with Gasteiger partial charge < -0.3 is 0 Å². The summed E-state index contributed by atoms with van der Waals surface area (Å²) in [5.74, 6) is 3.92. The Morgan fingerprint density at radius 2 is 2.00 bits per heavy atom. The highest BCUT2D eigenvalue weighted by Crippen LogP contribution is 2.62. The van der Waals surface area contributed by atoms with Crippen LogP contribution in [0.25, 0.3) is 0 Å². The van der Waals surface area contributed by atoms with Gasteiger partial charge in [0.25, 0.3) is 0 Å². The summed E-state index contributed by atoms with van der Waals surface area (Å²) >= 11 is 6.15. The molecule has 76 valence electrons. The van der Waals surface area contributed by atoms with Gasteiger partial charge in [0.1, 0.15) is 0 Å². The highest BCUT2D eigenvalue weighted by molar-refractivity contribution is 6.18. The molecule has 0 aromatic carbocycles. The molecule has 2 saturated carbocycles. The van der Waals surface area contributed by atoms with Gasteiger partial charge in [0, 0.05) is 5.88 Å². The Morgan fingerprint density at radius 3 is 2.46 bits per heavy atom. The number of hydrogen-bond acceptors (Lipinski definition) is 0. The van der Waals surface area contributed by atoms with E-state index in [0.29, 0.717) is 5.41 Å². The number of halogens is 1. The van der Waals surface area contributed by atoms with Crippen LogP contribution in [0.1, 0.15) is 46.0 Å². The van der Waals surface area contributed by atoms with Crippen molar-refractivity contribution in [3.63, 3.8) is 0 Å². The highest BCUT2D eigenvalue weighted by Gasteiger charge is 2.53. The Balaban J connectivity index is 1.92. The van der Waals surface area contributed by atoms with E-state index in [1.807, 2.05) is 0 Å². The molecule has 0 aromatic heterocycles. The van der Waals surface area contributed by atoms with Crippen LogP contribution in [0.4, 0.5) is 0 Å². The summed E-state index contributed by atoms with van der Waals surface area (Å²) in [5, 5.41) is 0. The van der Waals surface area contributed by atoms with Crippen molar-refractivity contribution in [1.29, 1.82) is 0 Å². The van der Waals surface area contributed by atoms with Gasteiger partial charge in [-0.2, -0.15) is 0 Å². The van der Waals surface area contributed by atoms with E-state index in [1.54, 1.807) is 0 Å². The molecular weight excluding hydrogens is 180 g/mol. The number of alkyl halides is 1. The van der Waals surface area contributed by atoms with Gasteiger partial charge in [-0.3, -0.25) is 0 Å². The fourth-order valence-electron chi connectivity index (χ4n) is 3.22. The summed E-state index contributed by atoms with van der Waals surface area (Å²) in [5.41, 5.74) is 0.546. The van der Waals surface area contributed by atoms with Crippen LogP contribution in [0, 0.1) is 23.2 Å². The second-order valence-corrected chi connectivity index (χ2v) is 5.78. The van der Waals surface area contributed by atoms with Gasteiger partial charge in [-0.1, -0.05) is 20.3 Å². The van der Waals surface area contributed by atoms with Gasteiger partial charge in [0.2, 0.25) is 0 Å². The summed E-state index contributed by atoms with van der Waals surface area (Å²) in [6.07, 6.45) is 7.07. The second-order valence-electron chi connectivity index (χ2n) is 5.52. The van der Waals surface area contributed by atoms with Crippen molar-refractivity contribution in [2.45, 2.75) is 46.0 Å². The zero-order valence-corrected chi connectivity index (χ0v) is 9.61. The van der Waals surface area contributed by atoms with E-state index >= 15 is 0 Å². The summed E-state index contributed by atoms with van der Waals surface area (Å²) in [6, 6.07) is 0. The lowest BCUT2D eigenvalue weighted by molar-refractivity contribution is 0.232. The lowest BCUT2D eigenvalue weighted by Gasteiger charge is -2.31. The topological polar surface area (TPSA) is 0 Å². The molecule has 2 fully saturated rings. The zero-order valence-electron chi connectivity index (χ0n) is 8.85. The summed E-state index contributed by atoms with van der Waals surface area (Å²) in [6.45, 7) is 4.67. The molecule has 3 unspecified atom stereocenters. The summed E-state index contributed by atoms with van der Waals surface area (Å²) in [7, 11) is 0. The molecule has 0 amide bonds. The quantitative estimate of drug-likeness (QED) is 0.600. The first-order valence-electron chi connectivity index (χ1n) is 5.75. The molecule has 0 heterocycles. The number of fused-ring (bicyclic) bond motifs is 1. The molecule has 0 radical (unpaired) electrons. The lowest BCUT2D eigenvalue weighted by Crippen LogP contribution is -2.23. The van der Waals surface area contributed by atoms with E-state index in [4.69, 9.17) is 11.6 Å². The molecule has 0 spiro atoms. The Bertz CT molecular complexity index is 178. The predicted octanol–water partition coefficient (Wildman–Crippen LogP) is 4.08. The molecule has 13 heavy (non-hydrogen) atoms. The van der Waals surface area contributed by atoms with E-state index in [0.717, 1.165) is 23.6 Å². The van der Waals surface area contributed by atoms with Crippen LogP contribution in [0.5, 0.6) is 0 Å². The Labute approximate surface area is 87.0 Å². The minimum absolute atomic E-state index is 0.546. The van der Waals surface area contributed by atoms with Crippen molar-refractivity contribution in [3.05, 3.63) is 0 Å². The van der Waals surface area contributed by atoms with Gasteiger partial charge in [-0.25, -0.2) is 0 Å². The van der Waals surface area contributed by atoms with Gasteiger partial charge >= 0.3 is 0 Å². The molecule has 2 rings (SSSR count). The third-order valence-corrected chi connectivity index (χ3v) is 4.79. The molecule has 2 aliphatic rings. The maximum Gasteiger partial charge on any atom is 0.0280 e. The number of rotatable bonds is 4. The van der Waals surface area contributed by atoms with Gasteiger partial charge in [0.15, 0.2) is 0 Å². The van der Waals surface area contributed by atoms with Crippen LogP contribution < -0.4 is 0 Å². The molecular formula is C12H21Cl. The lowest BCUT2D eigenvalue weighted by atomic mass is 9.77. The van der Waals surface area contributed by atoms with Crippen molar-refractivity contribution in [1.82, 2.24) is 0 Å². The third kappa shape index (κ3) is 1.88. The average molecular weight is 201 g/mol. The molecule has 0 bridgehead atoms. The van der Waals surface area contributed by atoms with Crippen LogP contribution in [-0.2, 0) is 0 Å². The molecule has 2 aliphatic carbocycles. The SMILES string of the molecule is CCC(C)CC1(CCl)CC2CC2C1. The molecule has 0 aliphatic heterocycles. The second kappa shape index (κ2) is 3.46. The van der Waals surface area contributed by atoms with Crippen LogP contribution >= 0.6 is 11.6 Å². The smallest absolute Gasteiger partial charge is 0.0280 e. The van der Waals surface area contributed by atoms with Crippen LogP contribution in [-0.4, -0.2) is 5.88 Å². The Kier molecular flexibility index (Phi) is 2.61. The van der Waals surface area contributed by atoms with Crippen molar-refractivity contribution in [2.75, 3.05) is 5.88 Å². The zero-order chi connectivity index (χ0) is 9.47. The van der Waals surface area contributed by atoms with E-state index in [9.17, 15) is 0 Å². The minimum Gasteiger partial charge on any atom is -0.126 e. The van der Waals surface area contributed by atoms with Crippen molar-refractivity contribution < 1.29 is 0 Å². The maximum atomic E-state index is 6.15. The third-order valence-electron chi connectivity index (χ3n) is 4.22. The van der Waals surface area contributed by atoms with Gasteiger partial charge in [-0.05, 0) is 48.9 Å². The molecule has 0 saturated heterocycles. The molecule has 1 heteroatoms. The highest BCUT2D eigenvalue weighted by atomic mass is 35.5. The summed E-state index contributed by atoms with van der Waals surface area (Å²) < 4.78 is 0. The first-order chi connectivity index (χ1) is 6.19. The van der Waals surface area contributed by atoms with Crippen molar-refractivity contribution in [2.24, 2.45) is 23.2 Å². The maximum absolute atomic E-state index is 6.15. The minimum atomic E-state index is 0.546. The monoisotopic (exact) mass is 200 g/mol. The van der Waals surface area contributed by atoms with E-state index in [1.165, 1.54) is 32.1 Å². The number of hydrogen-bond donors (Lipinski definition) is 0. The van der Waals surface area contributed by atoms with Crippen LogP contribution in [0.3, 0.4) is 0 Å². The predicted molar refractivity (Wildman–Crippen MR) is 58.1 cm³/mol. The molecule has 0 nitrogen and oxygen atoms in total. The molecule has 3 atom stereocenters. The van der Waals surface area contributed by atoms with Crippen molar-refractivity contribution >= 4 is 11.6 Å². The largest absolute Gasteiger partial charge is 0.126 e. The van der Waals surface area contributed by atoms with Crippen LogP contribution in [0.2, 0.25) is 0 Å². The Hall–Kier alpha value is 0.290. The fraction of sp³-hybridized carbons (Fsp3) is 1.00. The standard InChI is InChI=1S/C12H21Cl/c1-3-9(2)5-12(8-13)6-10-4-11(10)7-12/h9-11H,3-8H2,1-2H3. The first-order valence-corrected chi connectivity index (χ1v) is 6.28. The van der Waals surface area contributed by atoms with Gasteiger partial charge in [0.05, 0.1) is 0 Å². The molecule has 0 N–H and O–H groups in total. The van der Waals surface area contributed by atoms with Gasteiger partial charge in [-0.15, -0.1) is 11.6 Å². The van der Waals surface area contributed by atoms with E-state index < -0.39 is 0 Å². The summed E-state index contributed by atoms with van der Waals surface area (Å²) in [4.78, 5) is 0. The van der Waals surface area contributed by atoms with Crippen molar-refractivity contribution in [3.8, 4) is 0 Å². The average Bonchev–Trinajstić information content (AvgIpc) is 2.75. The van der Waals surface area contributed by atoms with E-state index in [2.05, 4.69) is 13.8 Å². The van der Waals surface area contributed by atoms with Crippen LogP contribution in [0.15, 0.2) is 0 Å².